The zero-order valence-corrected chi connectivity index (χ0v) is 19.4. The molecular weight excluding hydrogens is 396 g/mol. The number of aryl methyl sites for hydroxylation is 2. The molecule has 3 rings (SSSR count). The summed E-state index contributed by atoms with van der Waals surface area (Å²) in [5.74, 6) is 0.805. The number of carbonyl (C=O) groups is 1. The topological polar surface area (TPSA) is 33.2 Å². The van der Waals surface area contributed by atoms with Crippen LogP contribution in [-0.2, 0) is 11.2 Å². The molecule has 0 N–H and O–H groups in total. The van der Waals surface area contributed by atoms with E-state index < -0.39 is 0 Å². The fourth-order valence-corrected chi connectivity index (χ4v) is 6.70. The van der Waals surface area contributed by atoms with Gasteiger partial charge in [0.15, 0.2) is 0 Å². The van der Waals surface area contributed by atoms with Crippen LogP contribution in [0.25, 0.3) is 0 Å². The SMILES string of the molecule is Cc1ccc(C)c(S[C@@H]2CCCC[C@H]2SCC(=O)N(C)CCc2ccccn2)c1. The largest absolute Gasteiger partial charge is 0.345 e. The molecule has 2 aromatic rings. The van der Waals surface area contributed by atoms with Gasteiger partial charge in [-0.3, -0.25) is 9.78 Å². The number of benzene rings is 1. The molecule has 1 fully saturated rings. The Morgan fingerprint density at radius 1 is 1.14 bits per heavy atom. The number of pyridine rings is 1. The Labute approximate surface area is 184 Å². The van der Waals surface area contributed by atoms with Crippen molar-refractivity contribution in [3.8, 4) is 0 Å². The molecule has 0 spiro atoms. The molecule has 1 aromatic carbocycles. The van der Waals surface area contributed by atoms with E-state index in [0.717, 1.165) is 18.7 Å². The molecule has 5 heteroatoms. The number of hydrogen-bond acceptors (Lipinski definition) is 4. The molecule has 1 aliphatic carbocycles. The van der Waals surface area contributed by atoms with Crippen molar-refractivity contribution in [2.24, 2.45) is 0 Å². The van der Waals surface area contributed by atoms with Crippen LogP contribution in [0.1, 0.15) is 42.5 Å². The summed E-state index contributed by atoms with van der Waals surface area (Å²) in [6.07, 6.45) is 7.67. The van der Waals surface area contributed by atoms with Gasteiger partial charge in [0.25, 0.3) is 0 Å². The Morgan fingerprint density at radius 2 is 1.93 bits per heavy atom. The van der Waals surface area contributed by atoms with Crippen LogP contribution in [0.4, 0.5) is 0 Å². The second-order valence-corrected chi connectivity index (χ2v) is 10.5. The molecule has 1 heterocycles. The van der Waals surface area contributed by atoms with Crippen molar-refractivity contribution in [3.63, 3.8) is 0 Å². The van der Waals surface area contributed by atoms with E-state index >= 15 is 0 Å². The van der Waals surface area contributed by atoms with Crippen molar-refractivity contribution >= 4 is 29.4 Å². The number of aromatic nitrogens is 1. The first-order chi connectivity index (χ1) is 14.0. The minimum Gasteiger partial charge on any atom is -0.345 e. The first-order valence-electron chi connectivity index (χ1n) is 10.5. The summed E-state index contributed by atoms with van der Waals surface area (Å²) in [6.45, 7) is 5.09. The van der Waals surface area contributed by atoms with E-state index in [1.54, 1.807) is 0 Å². The van der Waals surface area contributed by atoms with Gasteiger partial charge in [-0.1, -0.05) is 36.6 Å². The minimum atomic E-state index is 0.229. The van der Waals surface area contributed by atoms with Gasteiger partial charge < -0.3 is 4.90 Å². The van der Waals surface area contributed by atoms with Crippen molar-refractivity contribution in [2.45, 2.75) is 61.3 Å². The Kier molecular flexibility index (Phi) is 8.49. The molecule has 1 saturated carbocycles. The third-order valence-corrected chi connectivity index (χ3v) is 8.68. The smallest absolute Gasteiger partial charge is 0.232 e. The summed E-state index contributed by atoms with van der Waals surface area (Å²) in [4.78, 5) is 20.3. The highest BCUT2D eigenvalue weighted by Crippen LogP contribution is 2.40. The number of nitrogens with zero attached hydrogens (tertiary/aromatic N) is 2. The Morgan fingerprint density at radius 3 is 2.69 bits per heavy atom. The monoisotopic (exact) mass is 428 g/mol. The highest BCUT2D eigenvalue weighted by Gasteiger charge is 2.28. The summed E-state index contributed by atoms with van der Waals surface area (Å²) < 4.78 is 0. The maximum absolute atomic E-state index is 12.6. The van der Waals surface area contributed by atoms with Crippen molar-refractivity contribution in [1.82, 2.24) is 9.88 Å². The molecule has 3 nitrogen and oxygen atoms in total. The van der Waals surface area contributed by atoms with Crippen molar-refractivity contribution in [2.75, 3.05) is 19.3 Å². The highest BCUT2D eigenvalue weighted by atomic mass is 32.2. The van der Waals surface area contributed by atoms with Crippen molar-refractivity contribution in [3.05, 3.63) is 59.4 Å². The minimum absolute atomic E-state index is 0.229. The summed E-state index contributed by atoms with van der Waals surface area (Å²) in [6, 6.07) is 12.7. The van der Waals surface area contributed by atoms with Crippen molar-refractivity contribution < 1.29 is 4.79 Å². The fraction of sp³-hybridized carbons (Fsp3) is 0.500. The van der Waals surface area contributed by atoms with Crippen LogP contribution < -0.4 is 0 Å². The Balaban J connectivity index is 1.50. The van der Waals surface area contributed by atoms with Gasteiger partial charge in [-0.15, -0.1) is 23.5 Å². The second kappa shape index (κ2) is 11.1. The lowest BCUT2D eigenvalue weighted by atomic mass is 10.00. The van der Waals surface area contributed by atoms with Gasteiger partial charge >= 0.3 is 0 Å². The predicted molar refractivity (Wildman–Crippen MR) is 126 cm³/mol. The lowest BCUT2D eigenvalue weighted by Gasteiger charge is -2.31. The molecule has 0 aliphatic heterocycles. The lowest BCUT2D eigenvalue weighted by Crippen LogP contribution is -2.32. The van der Waals surface area contributed by atoms with E-state index in [-0.39, 0.29) is 5.91 Å². The molecule has 0 radical (unpaired) electrons. The predicted octanol–water partition coefficient (Wildman–Crippen LogP) is 5.54. The van der Waals surface area contributed by atoms with Crippen LogP contribution in [0.3, 0.4) is 0 Å². The maximum Gasteiger partial charge on any atom is 0.232 e. The molecular formula is C24H32N2OS2. The van der Waals surface area contributed by atoms with Crippen LogP contribution in [-0.4, -0.2) is 45.6 Å². The second-order valence-electron chi connectivity index (χ2n) is 7.95. The number of thioether (sulfide) groups is 2. The number of rotatable bonds is 8. The van der Waals surface area contributed by atoms with Gasteiger partial charge in [-0.25, -0.2) is 0 Å². The Bertz CT molecular complexity index is 797. The first-order valence-corrected chi connectivity index (χ1v) is 12.4. The van der Waals surface area contributed by atoms with E-state index in [2.05, 4.69) is 37.0 Å². The van der Waals surface area contributed by atoms with Crippen LogP contribution in [0, 0.1) is 13.8 Å². The van der Waals surface area contributed by atoms with E-state index in [1.807, 2.05) is 59.9 Å². The van der Waals surface area contributed by atoms with E-state index in [4.69, 9.17) is 0 Å². The number of amides is 1. The normalized spacial score (nSPS) is 19.1. The average molecular weight is 429 g/mol. The van der Waals surface area contributed by atoms with Gasteiger partial charge in [0.1, 0.15) is 0 Å². The van der Waals surface area contributed by atoms with E-state index in [0.29, 0.717) is 16.3 Å². The maximum atomic E-state index is 12.6. The quantitative estimate of drug-likeness (QED) is 0.553. The summed E-state index contributed by atoms with van der Waals surface area (Å²) in [5, 5.41) is 1.16. The van der Waals surface area contributed by atoms with E-state index in [1.165, 1.54) is 41.7 Å². The van der Waals surface area contributed by atoms with Gasteiger partial charge in [0, 0.05) is 47.3 Å². The molecule has 1 amide bonds. The number of carbonyl (C=O) groups excluding carboxylic acids is 1. The van der Waals surface area contributed by atoms with Crippen LogP contribution in [0.5, 0.6) is 0 Å². The standard InChI is InChI=1S/C24H32N2OS2/c1-18-11-12-19(2)23(16-18)29-22-10-5-4-9-21(22)28-17-24(27)26(3)15-13-20-8-6-7-14-25-20/h6-8,11-12,14,16,21-22H,4-5,9-10,13,15,17H2,1-3H3/t21-,22-/m1/s1. The zero-order valence-electron chi connectivity index (χ0n) is 17.8. The fourth-order valence-electron chi connectivity index (χ4n) is 3.63. The molecule has 0 bridgehead atoms. The number of likely N-dealkylation sites (N-methyl/N-ethyl adjacent to an activating group) is 1. The Hall–Kier alpha value is -1.46. The lowest BCUT2D eigenvalue weighted by molar-refractivity contribution is -0.127. The average Bonchev–Trinajstić information content (AvgIpc) is 2.74. The summed E-state index contributed by atoms with van der Waals surface area (Å²) in [7, 11) is 1.91. The van der Waals surface area contributed by atoms with Gasteiger partial charge in [-0.05, 0) is 50.5 Å². The third-order valence-electron chi connectivity index (χ3n) is 5.54. The van der Waals surface area contributed by atoms with Crippen LogP contribution in [0.2, 0.25) is 0 Å². The van der Waals surface area contributed by atoms with Crippen LogP contribution >= 0.6 is 23.5 Å². The van der Waals surface area contributed by atoms with Gasteiger partial charge in [0.05, 0.1) is 5.75 Å². The van der Waals surface area contributed by atoms with E-state index in [9.17, 15) is 4.79 Å². The molecule has 29 heavy (non-hydrogen) atoms. The zero-order chi connectivity index (χ0) is 20.6. The molecule has 0 saturated heterocycles. The molecule has 0 unspecified atom stereocenters. The third kappa shape index (κ3) is 6.78. The molecule has 2 atom stereocenters. The molecule has 1 aromatic heterocycles. The molecule has 1 aliphatic rings. The number of hydrogen-bond donors (Lipinski definition) is 0. The molecule has 156 valence electrons. The summed E-state index contributed by atoms with van der Waals surface area (Å²) >= 11 is 3.89. The van der Waals surface area contributed by atoms with Gasteiger partial charge in [0.2, 0.25) is 5.91 Å². The highest BCUT2D eigenvalue weighted by molar-refractivity contribution is 8.04. The van der Waals surface area contributed by atoms with Crippen LogP contribution in [0.15, 0.2) is 47.5 Å². The first kappa shape index (κ1) is 22.2. The van der Waals surface area contributed by atoms with Gasteiger partial charge in [-0.2, -0.15) is 0 Å². The summed E-state index contributed by atoms with van der Waals surface area (Å²) in [5.41, 5.74) is 3.72. The van der Waals surface area contributed by atoms with Crippen molar-refractivity contribution in [1.29, 1.82) is 0 Å².